The van der Waals surface area contributed by atoms with Gasteiger partial charge in [0.1, 0.15) is 0 Å². The van der Waals surface area contributed by atoms with E-state index in [0.717, 1.165) is 6.54 Å². The van der Waals surface area contributed by atoms with E-state index in [2.05, 4.69) is 13.8 Å². The first-order chi connectivity index (χ1) is 6.96. The van der Waals surface area contributed by atoms with Gasteiger partial charge in [0, 0.05) is 26.8 Å². The normalized spacial score (nSPS) is 20.3. The molecule has 4 nitrogen and oxygen atoms in total. The van der Waals surface area contributed by atoms with Crippen molar-refractivity contribution in [3.63, 3.8) is 0 Å². The molecule has 1 heterocycles. The Morgan fingerprint density at radius 2 is 2.00 bits per heavy atom. The number of carbonyl (C=O) groups is 1. The number of nitrogens with zero attached hydrogens (tertiary/aromatic N) is 1. The monoisotopic (exact) mass is 214 g/mol. The minimum atomic E-state index is -0.693. The van der Waals surface area contributed by atoms with Crippen molar-refractivity contribution in [3.05, 3.63) is 0 Å². The Kier molecular flexibility index (Phi) is 4.11. The standard InChI is InChI=1S/C11H22N2O2/c1-9(2)8-13(3)10(14)11(12)4-6-15-7-5-11/h9H,4-8,12H2,1-3H3. The van der Waals surface area contributed by atoms with Gasteiger partial charge in [-0.15, -0.1) is 0 Å². The molecule has 88 valence electrons. The second kappa shape index (κ2) is 4.94. The van der Waals surface area contributed by atoms with Crippen LogP contribution in [0.3, 0.4) is 0 Å². The molecule has 4 heteroatoms. The molecular weight excluding hydrogens is 192 g/mol. The molecule has 0 aliphatic carbocycles. The van der Waals surface area contributed by atoms with Crippen molar-refractivity contribution in [1.82, 2.24) is 4.90 Å². The van der Waals surface area contributed by atoms with Crippen molar-refractivity contribution in [2.75, 3.05) is 26.8 Å². The van der Waals surface area contributed by atoms with Gasteiger partial charge in [-0.1, -0.05) is 13.8 Å². The molecule has 1 aliphatic rings. The van der Waals surface area contributed by atoms with Gasteiger partial charge in [-0.25, -0.2) is 0 Å². The molecule has 0 atom stereocenters. The number of nitrogens with two attached hydrogens (primary N) is 1. The van der Waals surface area contributed by atoms with Crippen LogP contribution in [0, 0.1) is 5.92 Å². The molecule has 0 radical (unpaired) electrons. The summed E-state index contributed by atoms with van der Waals surface area (Å²) in [6.45, 7) is 6.14. The quantitative estimate of drug-likeness (QED) is 0.749. The molecule has 0 aromatic rings. The van der Waals surface area contributed by atoms with Crippen LogP contribution >= 0.6 is 0 Å². The fourth-order valence-corrected chi connectivity index (χ4v) is 1.96. The van der Waals surface area contributed by atoms with E-state index < -0.39 is 5.54 Å². The first-order valence-corrected chi connectivity index (χ1v) is 5.58. The third kappa shape index (κ3) is 3.18. The summed E-state index contributed by atoms with van der Waals surface area (Å²) < 4.78 is 5.23. The molecule has 1 aliphatic heterocycles. The molecule has 1 amide bonds. The van der Waals surface area contributed by atoms with Gasteiger partial charge in [0.15, 0.2) is 0 Å². The second-order valence-corrected chi connectivity index (χ2v) is 4.85. The average molecular weight is 214 g/mol. The third-order valence-electron chi connectivity index (χ3n) is 2.80. The SMILES string of the molecule is CC(C)CN(C)C(=O)C1(N)CCOCC1. The van der Waals surface area contributed by atoms with Gasteiger partial charge in [-0.05, 0) is 18.8 Å². The van der Waals surface area contributed by atoms with Crippen molar-refractivity contribution < 1.29 is 9.53 Å². The predicted octanol–water partition coefficient (Wildman–Crippen LogP) is 0.609. The molecule has 0 unspecified atom stereocenters. The number of rotatable bonds is 3. The Hall–Kier alpha value is -0.610. The molecule has 1 saturated heterocycles. The topological polar surface area (TPSA) is 55.6 Å². The fraction of sp³-hybridized carbons (Fsp3) is 0.909. The third-order valence-corrected chi connectivity index (χ3v) is 2.80. The van der Waals surface area contributed by atoms with E-state index in [1.54, 1.807) is 4.90 Å². The Balaban J connectivity index is 2.57. The van der Waals surface area contributed by atoms with Crippen molar-refractivity contribution in [2.24, 2.45) is 11.7 Å². The highest BCUT2D eigenvalue weighted by Gasteiger charge is 2.37. The zero-order valence-corrected chi connectivity index (χ0v) is 9.95. The summed E-state index contributed by atoms with van der Waals surface area (Å²) >= 11 is 0. The van der Waals surface area contributed by atoms with Crippen LogP contribution in [-0.4, -0.2) is 43.2 Å². The van der Waals surface area contributed by atoms with Gasteiger partial charge in [-0.3, -0.25) is 4.79 Å². The number of likely N-dealkylation sites (N-methyl/N-ethyl adjacent to an activating group) is 1. The number of hydrogen-bond acceptors (Lipinski definition) is 3. The lowest BCUT2D eigenvalue weighted by Crippen LogP contribution is -2.57. The van der Waals surface area contributed by atoms with Crippen LogP contribution in [0.4, 0.5) is 0 Å². The van der Waals surface area contributed by atoms with Crippen LogP contribution in [-0.2, 0) is 9.53 Å². The number of amides is 1. The summed E-state index contributed by atoms with van der Waals surface area (Å²) in [4.78, 5) is 13.8. The Bertz CT molecular complexity index is 223. The second-order valence-electron chi connectivity index (χ2n) is 4.85. The molecule has 0 saturated carbocycles. The molecule has 1 rings (SSSR count). The first-order valence-electron chi connectivity index (χ1n) is 5.58. The van der Waals surface area contributed by atoms with Crippen molar-refractivity contribution in [2.45, 2.75) is 32.2 Å². The van der Waals surface area contributed by atoms with Gasteiger partial charge in [0.25, 0.3) is 0 Å². The van der Waals surface area contributed by atoms with E-state index in [1.165, 1.54) is 0 Å². The van der Waals surface area contributed by atoms with Gasteiger partial charge < -0.3 is 15.4 Å². The zero-order valence-electron chi connectivity index (χ0n) is 9.95. The summed E-state index contributed by atoms with van der Waals surface area (Å²) in [7, 11) is 1.83. The van der Waals surface area contributed by atoms with Crippen LogP contribution in [0.25, 0.3) is 0 Å². The predicted molar refractivity (Wildman–Crippen MR) is 59.4 cm³/mol. The highest BCUT2D eigenvalue weighted by molar-refractivity contribution is 5.86. The smallest absolute Gasteiger partial charge is 0.242 e. The highest BCUT2D eigenvalue weighted by Crippen LogP contribution is 2.20. The largest absolute Gasteiger partial charge is 0.381 e. The van der Waals surface area contributed by atoms with Gasteiger partial charge in [0.2, 0.25) is 5.91 Å². The molecular formula is C11H22N2O2. The van der Waals surface area contributed by atoms with E-state index in [0.29, 0.717) is 32.0 Å². The lowest BCUT2D eigenvalue weighted by Gasteiger charge is -2.35. The Morgan fingerprint density at radius 1 is 1.47 bits per heavy atom. The summed E-state index contributed by atoms with van der Waals surface area (Å²) in [5.74, 6) is 0.530. The van der Waals surface area contributed by atoms with Gasteiger partial charge >= 0.3 is 0 Å². The maximum atomic E-state index is 12.1. The molecule has 0 bridgehead atoms. The number of hydrogen-bond donors (Lipinski definition) is 1. The molecule has 0 aromatic carbocycles. The van der Waals surface area contributed by atoms with Crippen LogP contribution in [0.1, 0.15) is 26.7 Å². The molecule has 0 spiro atoms. The summed E-state index contributed by atoms with van der Waals surface area (Å²) in [6.07, 6.45) is 1.27. The fourth-order valence-electron chi connectivity index (χ4n) is 1.96. The Labute approximate surface area is 91.8 Å². The lowest BCUT2D eigenvalue weighted by molar-refractivity contribution is -0.139. The maximum absolute atomic E-state index is 12.1. The first kappa shape index (κ1) is 12.5. The van der Waals surface area contributed by atoms with E-state index >= 15 is 0 Å². The summed E-state index contributed by atoms with van der Waals surface area (Å²) in [6, 6.07) is 0. The molecule has 1 fully saturated rings. The zero-order chi connectivity index (χ0) is 11.5. The molecule has 15 heavy (non-hydrogen) atoms. The maximum Gasteiger partial charge on any atom is 0.242 e. The Morgan fingerprint density at radius 3 is 2.47 bits per heavy atom. The highest BCUT2D eigenvalue weighted by atomic mass is 16.5. The van der Waals surface area contributed by atoms with Crippen molar-refractivity contribution >= 4 is 5.91 Å². The summed E-state index contributed by atoms with van der Waals surface area (Å²) in [5, 5.41) is 0. The summed E-state index contributed by atoms with van der Waals surface area (Å²) in [5.41, 5.74) is 5.42. The number of carbonyl (C=O) groups excluding carboxylic acids is 1. The lowest BCUT2D eigenvalue weighted by atomic mass is 9.89. The van der Waals surface area contributed by atoms with Crippen LogP contribution in [0.5, 0.6) is 0 Å². The van der Waals surface area contributed by atoms with E-state index in [4.69, 9.17) is 10.5 Å². The minimum absolute atomic E-state index is 0.0551. The van der Waals surface area contributed by atoms with Crippen molar-refractivity contribution in [1.29, 1.82) is 0 Å². The van der Waals surface area contributed by atoms with Crippen molar-refractivity contribution in [3.8, 4) is 0 Å². The van der Waals surface area contributed by atoms with E-state index in [-0.39, 0.29) is 5.91 Å². The average Bonchev–Trinajstić information content (AvgIpc) is 2.16. The van der Waals surface area contributed by atoms with Crippen LogP contribution in [0.2, 0.25) is 0 Å². The van der Waals surface area contributed by atoms with E-state index in [1.807, 2.05) is 7.05 Å². The minimum Gasteiger partial charge on any atom is -0.381 e. The van der Waals surface area contributed by atoms with Gasteiger partial charge in [0.05, 0.1) is 5.54 Å². The van der Waals surface area contributed by atoms with Gasteiger partial charge in [-0.2, -0.15) is 0 Å². The van der Waals surface area contributed by atoms with E-state index in [9.17, 15) is 4.79 Å². The molecule has 2 N–H and O–H groups in total. The van der Waals surface area contributed by atoms with Crippen LogP contribution < -0.4 is 5.73 Å². The number of ether oxygens (including phenoxy) is 1. The van der Waals surface area contributed by atoms with Crippen LogP contribution in [0.15, 0.2) is 0 Å². The molecule has 0 aromatic heterocycles.